The Hall–Kier alpha value is -2.15. The number of halogens is 1. The predicted molar refractivity (Wildman–Crippen MR) is 76.4 cm³/mol. The van der Waals surface area contributed by atoms with Crippen LogP contribution in [0, 0.1) is 6.92 Å². The second-order valence-corrected chi connectivity index (χ2v) is 4.93. The average Bonchev–Trinajstić information content (AvgIpc) is 2.42. The third-order valence-corrected chi connectivity index (χ3v) is 3.73. The van der Waals surface area contributed by atoms with E-state index in [4.69, 9.17) is 5.11 Å². The molecule has 0 amide bonds. The van der Waals surface area contributed by atoms with Crippen molar-refractivity contribution in [3.63, 3.8) is 0 Å². The molecule has 2 aromatic rings. The lowest BCUT2D eigenvalue weighted by Crippen LogP contribution is -2.42. The number of hydrogen-bond acceptors (Lipinski definition) is 3. The van der Waals surface area contributed by atoms with Gasteiger partial charge in [-0.25, -0.2) is 9.36 Å². The van der Waals surface area contributed by atoms with Gasteiger partial charge in [-0.3, -0.25) is 14.2 Å². The molecule has 1 aromatic heterocycles. The van der Waals surface area contributed by atoms with Crippen molar-refractivity contribution in [3.8, 4) is 5.69 Å². The summed E-state index contributed by atoms with van der Waals surface area (Å²) in [4.78, 5) is 35.1. The van der Waals surface area contributed by atoms with Gasteiger partial charge in [-0.05, 0) is 35.0 Å². The minimum atomic E-state index is -1.25. The number of hydrogen-bond donors (Lipinski definition) is 1. The van der Waals surface area contributed by atoms with Crippen molar-refractivity contribution >= 4 is 21.9 Å². The second-order valence-electron chi connectivity index (χ2n) is 4.14. The van der Waals surface area contributed by atoms with Crippen LogP contribution < -0.4 is 11.2 Å². The van der Waals surface area contributed by atoms with Crippen molar-refractivity contribution in [2.24, 2.45) is 0 Å². The first-order valence-electron chi connectivity index (χ1n) is 5.72. The summed E-state index contributed by atoms with van der Waals surface area (Å²) in [7, 11) is 0. The summed E-state index contributed by atoms with van der Waals surface area (Å²) in [5.74, 6) is -1.25. The number of carboxylic acid groups (broad SMARTS) is 1. The molecule has 0 atom stereocenters. The standard InChI is InChI=1S/C13H11BrN2O4/c1-8-11(14)12(19)15(7-10(17)18)13(20)16(8)9-5-3-2-4-6-9/h2-6H,7H2,1H3,(H,17,18). The van der Waals surface area contributed by atoms with E-state index in [0.717, 1.165) is 0 Å². The molecule has 0 aliphatic rings. The van der Waals surface area contributed by atoms with Gasteiger partial charge in [0.1, 0.15) is 11.0 Å². The van der Waals surface area contributed by atoms with E-state index >= 15 is 0 Å². The fraction of sp³-hybridized carbons (Fsp3) is 0.154. The van der Waals surface area contributed by atoms with E-state index in [2.05, 4.69) is 15.9 Å². The van der Waals surface area contributed by atoms with Crippen LogP contribution in [0.15, 0.2) is 44.4 Å². The van der Waals surface area contributed by atoms with Crippen LogP contribution in [0.1, 0.15) is 5.69 Å². The molecule has 0 aliphatic heterocycles. The molecule has 104 valence electrons. The molecule has 0 aliphatic carbocycles. The molecular formula is C13H11BrN2O4. The van der Waals surface area contributed by atoms with Crippen molar-refractivity contribution in [2.75, 3.05) is 0 Å². The highest BCUT2D eigenvalue weighted by atomic mass is 79.9. The Kier molecular flexibility index (Phi) is 3.89. The lowest BCUT2D eigenvalue weighted by Gasteiger charge is -2.13. The van der Waals surface area contributed by atoms with Crippen molar-refractivity contribution in [2.45, 2.75) is 13.5 Å². The Balaban J connectivity index is 2.83. The van der Waals surface area contributed by atoms with E-state index in [0.29, 0.717) is 15.9 Å². The van der Waals surface area contributed by atoms with Crippen molar-refractivity contribution < 1.29 is 9.90 Å². The molecule has 6 nitrogen and oxygen atoms in total. The van der Waals surface area contributed by atoms with Crippen LogP contribution in [0.25, 0.3) is 5.69 Å². The van der Waals surface area contributed by atoms with E-state index in [1.807, 2.05) is 0 Å². The fourth-order valence-corrected chi connectivity index (χ4v) is 2.27. The van der Waals surface area contributed by atoms with Crippen LogP contribution in [0.3, 0.4) is 0 Å². The van der Waals surface area contributed by atoms with E-state index in [9.17, 15) is 14.4 Å². The van der Waals surface area contributed by atoms with Crippen molar-refractivity contribution in [3.05, 3.63) is 61.3 Å². The smallest absolute Gasteiger partial charge is 0.336 e. The van der Waals surface area contributed by atoms with Crippen LogP contribution >= 0.6 is 15.9 Å². The summed E-state index contributed by atoms with van der Waals surface area (Å²) in [6.45, 7) is 0.939. The Morgan fingerprint density at radius 2 is 1.85 bits per heavy atom. The summed E-state index contributed by atoms with van der Waals surface area (Å²) in [5, 5.41) is 8.81. The molecule has 0 spiro atoms. The van der Waals surface area contributed by atoms with Gasteiger partial charge in [-0.15, -0.1) is 0 Å². The van der Waals surface area contributed by atoms with Crippen LogP contribution in [0.5, 0.6) is 0 Å². The summed E-state index contributed by atoms with van der Waals surface area (Å²) >= 11 is 3.12. The number of para-hydroxylation sites is 1. The highest BCUT2D eigenvalue weighted by Crippen LogP contribution is 2.13. The maximum absolute atomic E-state index is 12.3. The highest BCUT2D eigenvalue weighted by molar-refractivity contribution is 9.10. The molecule has 1 heterocycles. The van der Waals surface area contributed by atoms with E-state index in [-0.39, 0.29) is 4.47 Å². The third-order valence-electron chi connectivity index (χ3n) is 2.82. The van der Waals surface area contributed by atoms with Gasteiger partial charge in [0.15, 0.2) is 0 Å². The number of benzene rings is 1. The molecule has 0 fully saturated rings. The van der Waals surface area contributed by atoms with Gasteiger partial charge < -0.3 is 5.11 Å². The molecule has 0 bridgehead atoms. The van der Waals surface area contributed by atoms with Crippen LogP contribution in [0.2, 0.25) is 0 Å². The molecule has 0 radical (unpaired) electrons. The van der Waals surface area contributed by atoms with Gasteiger partial charge in [0.2, 0.25) is 0 Å². The second kappa shape index (κ2) is 5.46. The first-order valence-corrected chi connectivity index (χ1v) is 6.52. The molecule has 1 N–H and O–H groups in total. The van der Waals surface area contributed by atoms with E-state index in [1.165, 1.54) is 4.57 Å². The zero-order valence-corrected chi connectivity index (χ0v) is 12.1. The molecule has 0 unspecified atom stereocenters. The zero-order chi connectivity index (χ0) is 14.9. The minimum Gasteiger partial charge on any atom is -0.480 e. The van der Waals surface area contributed by atoms with Gasteiger partial charge in [0, 0.05) is 5.69 Å². The molecular weight excluding hydrogens is 328 g/mol. The van der Waals surface area contributed by atoms with E-state index < -0.39 is 23.8 Å². The Morgan fingerprint density at radius 1 is 1.25 bits per heavy atom. The SMILES string of the molecule is Cc1c(Br)c(=O)n(CC(=O)O)c(=O)n1-c1ccccc1. The summed E-state index contributed by atoms with van der Waals surface area (Å²) < 4.78 is 2.16. The number of aromatic nitrogens is 2. The largest absolute Gasteiger partial charge is 0.480 e. The van der Waals surface area contributed by atoms with Gasteiger partial charge in [0.25, 0.3) is 5.56 Å². The quantitative estimate of drug-likeness (QED) is 0.910. The number of carboxylic acids is 1. The first kappa shape index (κ1) is 14.3. The molecule has 7 heteroatoms. The Morgan fingerprint density at radius 3 is 2.40 bits per heavy atom. The number of nitrogens with zero attached hydrogens (tertiary/aromatic N) is 2. The molecule has 0 saturated heterocycles. The van der Waals surface area contributed by atoms with E-state index in [1.54, 1.807) is 37.3 Å². The Labute approximate surface area is 122 Å². The van der Waals surface area contributed by atoms with Crippen LogP contribution in [0.4, 0.5) is 0 Å². The summed E-state index contributed by atoms with van der Waals surface area (Å²) in [6, 6.07) is 8.71. The van der Waals surface area contributed by atoms with Gasteiger partial charge >= 0.3 is 11.7 Å². The molecule has 1 aromatic carbocycles. The van der Waals surface area contributed by atoms with Crippen LogP contribution in [-0.4, -0.2) is 20.2 Å². The average molecular weight is 339 g/mol. The van der Waals surface area contributed by atoms with Gasteiger partial charge in [0.05, 0.1) is 5.69 Å². The first-order chi connectivity index (χ1) is 9.43. The normalized spacial score (nSPS) is 10.5. The minimum absolute atomic E-state index is 0.169. The maximum Gasteiger partial charge on any atom is 0.336 e. The van der Waals surface area contributed by atoms with Gasteiger partial charge in [-0.2, -0.15) is 0 Å². The topological polar surface area (TPSA) is 81.3 Å². The Bertz CT molecular complexity index is 777. The van der Waals surface area contributed by atoms with Crippen molar-refractivity contribution in [1.29, 1.82) is 0 Å². The predicted octanol–water partition coefficient (Wildman–Crippen LogP) is 1.15. The number of rotatable bonds is 3. The molecule has 20 heavy (non-hydrogen) atoms. The number of aliphatic carboxylic acids is 1. The van der Waals surface area contributed by atoms with Crippen LogP contribution in [-0.2, 0) is 11.3 Å². The molecule has 2 rings (SSSR count). The fourth-order valence-electron chi connectivity index (χ4n) is 1.88. The monoisotopic (exact) mass is 338 g/mol. The zero-order valence-electron chi connectivity index (χ0n) is 10.5. The summed E-state index contributed by atoms with van der Waals surface area (Å²) in [6.07, 6.45) is 0. The number of carbonyl (C=O) groups is 1. The molecule has 0 saturated carbocycles. The van der Waals surface area contributed by atoms with Crippen molar-refractivity contribution in [1.82, 2.24) is 9.13 Å². The maximum atomic E-state index is 12.3. The lowest BCUT2D eigenvalue weighted by atomic mass is 10.3. The summed E-state index contributed by atoms with van der Waals surface area (Å²) in [5.41, 5.74) is -0.339. The third kappa shape index (κ3) is 2.44. The highest BCUT2D eigenvalue weighted by Gasteiger charge is 2.17. The van der Waals surface area contributed by atoms with Gasteiger partial charge in [-0.1, -0.05) is 18.2 Å². The lowest BCUT2D eigenvalue weighted by molar-refractivity contribution is -0.137.